The van der Waals surface area contributed by atoms with Gasteiger partial charge in [0.2, 0.25) is 0 Å². The quantitative estimate of drug-likeness (QED) is 0.777. The number of nitrogens with zero attached hydrogens (tertiary/aromatic N) is 1. The van der Waals surface area contributed by atoms with Gasteiger partial charge in [0.05, 0.1) is 29.3 Å². The summed E-state index contributed by atoms with van der Waals surface area (Å²) in [7, 11) is 0. The SMILES string of the molecule is CCOC(=O)c1cc(OCC)c2c(c1)c(Cl)cn2C1CC1. The Morgan fingerprint density at radius 3 is 2.71 bits per heavy atom. The molecule has 1 fully saturated rings. The fourth-order valence-corrected chi connectivity index (χ4v) is 2.80. The summed E-state index contributed by atoms with van der Waals surface area (Å²) in [6.45, 7) is 4.60. The summed E-state index contributed by atoms with van der Waals surface area (Å²) < 4.78 is 13.0. The van der Waals surface area contributed by atoms with E-state index in [0.717, 1.165) is 23.7 Å². The van der Waals surface area contributed by atoms with Gasteiger partial charge in [0.15, 0.2) is 0 Å². The molecule has 3 rings (SSSR count). The van der Waals surface area contributed by atoms with Gasteiger partial charge in [-0.15, -0.1) is 0 Å². The number of carbonyl (C=O) groups is 1. The van der Waals surface area contributed by atoms with Crippen LogP contribution in [-0.2, 0) is 4.74 Å². The molecule has 0 unspecified atom stereocenters. The normalized spacial score (nSPS) is 14.4. The summed E-state index contributed by atoms with van der Waals surface area (Å²) in [6, 6.07) is 4.03. The lowest BCUT2D eigenvalue weighted by molar-refractivity contribution is 0.0526. The van der Waals surface area contributed by atoms with Gasteiger partial charge in [-0.05, 0) is 38.8 Å². The maximum atomic E-state index is 12.0. The zero-order chi connectivity index (χ0) is 15.0. The number of aromatic nitrogens is 1. The van der Waals surface area contributed by atoms with Crippen LogP contribution in [0.4, 0.5) is 0 Å². The minimum absolute atomic E-state index is 0.345. The lowest BCUT2D eigenvalue weighted by atomic mass is 10.1. The third-order valence-corrected chi connectivity index (χ3v) is 3.90. The summed E-state index contributed by atoms with van der Waals surface area (Å²) in [5.74, 6) is 0.340. The Labute approximate surface area is 128 Å². The van der Waals surface area contributed by atoms with E-state index >= 15 is 0 Å². The van der Waals surface area contributed by atoms with Crippen LogP contribution < -0.4 is 4.74 Å². The number of halogens is 1. The highest BCUT2D eigenvalue weighted by molar-refractivity contribution is 6.36. The molecule has 2 aromatic rings. The van der Waals surface area contributed by atoms with Crippen molar-refractivity contribution in [3.8, 4) is 5.75 Å². The van der Waals surface area contributed by atoms with E-state index in [-0.39, 0.29) is 5.97 Å². The van der Waals surface area contributed by atoms with Gasteiger partial charge in [-0.3, -0.25) is 0 Å². The van der Waals surface area contributed by atoms with Crippen LogP contribution >= 0.6 is 11.6 Å². The van der Waals surface area contributed by atoms with Crippen molar-refractivity contribution in [3.05, 3.63) is 28.9 Å². The fourth-order valence-electron chi connectivity index (χ4n) is 2.55. The van der Waals surface area contributed by atoms with E-state index in [1.165, 1.54) is 0 Å². The average molecular weight is 308 g/mol. The molecular formula is C16H18ClNO3. The van der Waals surface area contributed by atoms with E-state index in [2.05, 4.69) is 4.57 Å². The first-order chi connectivity index (χ1) is 10.2. The Morgan fingerprint density at radius 1 is 1.33 bits per heavy atom. The molecule has 1 aliphatic carbocycles. The molecule has 1 saturated carbocycles. The van der Waals surface area contributed by atoms with Crippen LogP contribution in [0.3, 0.4) is 0 Å². The Hall–Kier alpha value is -1.68. The highest BCUT2D eigenvalue weighted by atomic mass is 35.5. The van der Waals surface area contributed by atoms with Crippen LogP contribution in [0, 0.1) is 0 Å². The largest absolute Gasteiger partial charge is 0.492 e. The van der Waals surface area contributed by atoms with Crippen LogP contribution in [-0.4, -0.2) is 23.8 Å². The van der Waals surface area contributed by atoms with Crippen LogP contribution in [0.25, 0.3) is 10.9 Å². The van der Waals surface area contributed by atoms with Crippen molar-refractivity contribution in [2.24, 2.45) is 0 Å². The number of hydrogen-bond donors (Lipinski definition) is 0. The number of rotatable bonds is 5. The summed E-state index contributed by atoms with van der Waals surface area (Å²) >= 11 is 6.35. The summed E-state index contributed by atoms with van der Waals surface area (Å²) in [5.41, 5.74) is 1.45. The highest BCUT2D eigenvalue weighted by Gasteiger charge is 2.28. The number of benzene rings is 1. The molecule has 1 aromatic carbocycles. The third-order valence-electron chi connectivity index (χ3n) is 3.59. The van der Waals surface area contributed by atoms with Gasteiger partial charge < -0.3 is 14.0 Å². The molecule has 112 valence electrons. The molecule has 4 nitrogen and oxygen atoms in total. The van der Waals surface area contributed by atoms with E-state index in [1.807, 2.05) is 13.1 Å². The molecule has 1 aromatic heterocycles. The Morgan fingerprint density at radius 2 is 2.10 bits per heavy atom. The Kier molecular flexibility index (Phi) is 3.81. The van der Waals surface area contributed by atoms with E-state index in [9.17, 15) is 4.79 Å². The first kappa shape index (κ1) is 14.3. The second-order valence-electron chi connectivity index (χ2n) is 5.14. The first-order valence-corrected chi connectivity index (χ1v) is 7.67. The topological polar surface area (TPSA) is 40.5 Å². The molecule has 1 aliphatic rings. The first-order valence-electron chi connectivity index (χ1n) is 7.29. The molecule has 0 spiro atoms. The number of fused-ring (bicyclic) bond motifs is 1. The molecule has 0 atom stereocenters. The zero-order valence-electron chi connectivity index (χ0n) is 12.2. The Balaban J connectivity index is 2.17. The lowest BCUT2D eigenvalue weighted by Crippen LogP contribution is -2.06. The van der Waals surface area contributed by atoms with Gasteiger partial charge in [0.25, 0.3) is 0 Å². The van der Waals surface area contributed by atoms with Gasteiger partial charge >= 0.3 is 5.97 Å². The summed E-state index contributed by atoms with van der Waals surface area (Å²) in [5, 5.41) is 1.49. The summed E-state index contributed by atoms with van der Waals surface area (Å²) in [6.07, 6.45) is 4.25. The molecular weight excluding hydrogens is 290 g/mol. The van der Waals surface area contributed by atoms with Crippen molar-refractivity contribution in [2.45, 2.75) is 32.7 Å². The van der Waals surface area contributed by atoms with Crippen LogP contribution in [0.2, 0.25) is 5.02 Å². The van der Waals surface area contributed by atoms with Crippen molar-refractivity contribution in [1.29, 1.82) is 0 Å². The maximum Gasteiger partial charge on any atom is 0.338 e. The van der Waals surface area contributed by atoms with E-state index in [4.69, 9.17) is 21.1 Å². The van der Waals surface area contributed by atoms with Crippen molar-refractivity contribution in [1.82, 2.24) is 4.57 Å². The van der Waals surface area contributed by atoms with Gasteiger partial charge in [-0.1, -0.05) is 11.6 Å². The van der Waals surface area contributed by atoms with Gasteiger partial charge in [0.1, 0.15) is 5.75 Å². The minimum atomic E-state index is -0.351. The smallest absolute Gasteiger partial charge is 0.338 e. The van der Waals surface area contributed by atoms with Gasteiger partial charge in [-0.2, -0.15) is 0 Å². The van der Waals surface area contributed by atoms with Crippen LogP contribution in [0.1, 0.15) is 43.1 Å². The number of hydrogen-bond acceptors (Lipinski definition) is 3. The standard InChI is InChI=1S/C16H18ClNO3/c1-3-20-14-8-10(16(19)21-4-2)7-12-13(17)9-18(15(12)14)11-5-6-11/h7-9,11H,3-6H2,1-2H3. The molecule has 0 bridgehead atoms. The summed E-state index contributed by atoms with van der Waals surface area (Å²) in [4.78, 5) is 12.0. The van der Waals surface area contributed by atoms with Crippen molar-refractivity contribution < 1.29 is 14.3 Å². The fraction of sp³-hybridized carbons (Fsp3) is 0.438. The molecule has 5 heteroatoms. The highest BCUT2D eigenvalue weighted by Crippen LogP contribution is 2.43. The number of esters is 1. The molecule has 21 heavy (non-hydrogen) atoms. The van der Waals surface area contributed by atoms with Crippen molar-refractivity contribution >= 4 is 28.5 Å². The Bertz CT molecular complexity index is 688. The molecule has 1 heterocycles. The van der Waals surface area contributed by atoms with E-state index in [0.29, 0.717) is 35.6 Å². The van der Waals surface area contributed by atoms with Gasteiger partial charge in [-0.25, -0.2) is 4.79 Å². The molecule has 0 amide bonds. The van der Waals surface area contributed by atoms with Crippen molar-refractivity contribution in [3.63, 3.8) is 0 Å². The lowest BCUT2D eigenvalue weighted by Gasteiger charge is -2.11. The molecule has 0 N–H and O–H groups in total. The van der Waals surface area contributed by atoms with Crippen LogP contribution in [0.15, 0.2) is 18.3 Å². The number of carbonyl (C=O) groups excluding carboxylic acids is 1. The monoisotopic (exact) mass is 307 g/mol. The second kappa shape index (κ2) is 5.60. The van der Waals surface area contributed by atoms with E-state index in [1.54, 1.807) is 19.1 Å². The zero-order valence-corrected chi connectivity index (χ0v) is 12.9. The maximum absolute atomic E-state index is 12.0. The van der Waals surface area contributed by atoms with Gasteiger partial charge in [0, 0.05) is 17.6 Å². The average Bonchev–Trinajstić information content (AvgIpc) is 3.25. The minimum Gasteiger partial charge on any atom is -0.492 e. The molecule has 0 aliphatic heterocycles. The second-order valence-corrected chi connectivity index (χ2v) is 5.55. The van der Waals surface area contributed by atoms with E-state index < -0.39 is 0 Å². The van der Waals surface area contributed by atoms with Crippen LogP contribution in [0.5, 0.6) is 5.75 Å². The predicted molar refractivity (Wildman–Crippen MR) is 82.3 cm³/mol. The molecule has 0 saturated heterocycles. The molecule has 0 radical (unpaired) electrons. The predicted octanol–water partition coefficient (Wildman–Crippen LogP) is 4.21. The number of ether oxygens (including phenoxy) is 2. The third kappa shape index (κ3) is 2.60. The van der Waals surface area contributed by atoms with Crippen molar-refractivity contribution in [2.75, 3.05) is 13.2 Å².